The Morgan fingerprint density at radius 2 is 1.83 bits per heavy atom. The monoisotopic (exact) mass is 404 g/mol. The van der Waals surface area contributed by atoms with Crippen LogP contribution in [0, 0.1) is 24.2 Å². The highest BCUT2D eigenvalue weighted by Gasteiger charge is 2.38. The molecule has 7 nitrogen and oxygen atoms in total. The molecule has 3 amide bonds. The predicted molar refractivity (Wildman–Crippen MR) is 112 cm³/mol. The highest BCUT2D eigenvalue weighted by atomic mass is 32.1. The van der Waals surface area contributed by atoms with Crippen molar-refractivity contribution in [3.05, 3.63) is 71.8 Å². The summed E-state index contributed by atoms with van der Waals surface area (Å²) in [4.78, 5) is 39.0. The Kier molecular flexibility index (Phi) is 5.81. The van der Waals surface area contributed by atoms with Crippen molar-refractivity contribution < 1.29 is 14.4 Å². The van der Waals surface area contributed by atoms with E-state index in [0.717, 1.165) is 11.6 Å². The van der Waals surface area contributed by atoms with E-state index in [4.69, 9.17) is 12.2 Å². The van der Waals surface area contributed by atoms with Crippen LogP contribution in [0.2, 0.25) is 0 Å². The van der Waals surface area contributed by atoms with Gasteiger partial charge in [-0.05, 0) is 49.0 Å². The first-order chi connectivity index (χ1) is 13.9. The minimum Gasteiger partial charge on any atom is -0.321 e. The van der Waals surface area contributed by atoms with Crippen molar-refractivity contribution in [3.63, 3.8) is 0 Å². The largest absolute Gasteiger partial charge is 0.321 e. The Labute approximate surface area is 172 Å². The standard InChI is InChI=1S/C21H16N4O3S/c1-13-7-5-6-10-17(13)23-18(26)14(12-22)11-16-19(27)24-21(29)25(20(16)28)15-8-3-2-4-9-15/h2-11,16H,1H3,(H,23,26)(H,24,27,29)/b14-11-/t16-/m1/s1. The molecule has 3 rings (SSSR count). The van der Waals surface area contributed by atoms with Gasteiger partial charge >= 0.3 is 0 Å². The summed E-state index contributed by atoms with van der Waals surface area (Å²) in [6.07, 6.45) is 1.06. The van der Waals surface area contributed by atoms with Crippen molar-refractivity contribution in [3.8, 4) is 6.07 Å². The second-order valence-corrected chi connectivity index (χ2v) is 6.63. The van der Waals surface area contributed by atoms with Gasteiger partial charge in [0, 0.05) is 5.69 Å². The summed E-state index contributed by atoms with van der Waals surface area (Å²) < 4.78 is 0. The third-order valence-electron chi connectivity index (χ3n) is 4.31. The van der Waals surface area contributed by atoms with Crippen LogP contribution in [-0.2, 0) is 14.4 Å². The molecule has 144 valence electrons. The van der Waals surface area contributed by atoms with Crippen LogP contribution in [0.1, 0.15) is 5.56 Å². The second kappa shape index (κ2) is 8.46. The molecular formula is C21H16N4O3S. The number of anilines is 2. The highest BCUT2D eigenvalue weighted by molar-refractivity contribution is 7.80. The Balaban J connectivity index is 1.89. The molecular weight excluding hydrogens is 388 g/mol. The van der Waals surface area contributed by atoms with Crippen LogP contribution in [0.4, 0.5) is 11.4 Å². The van der Waals surface area contributed by atoms with Gasteiger partial charge in [-0.3, -0.25) is 19.3 Å². The molecule has 0 aromatic heterocycles. The van der Waals surface area contributed by atoms with Crippen LogP contribution in [0.3, 0.4) is 0 Å². The molecule has 2 aromatic carbocycles. The van der Waals surface area contributed by atoms with Crippen LogP contribution < -0.4 is 15.5 Å². The van der Waals surface area contributed by atoms with Gasteiger partial charge < -0.3 is 10.6 Å². The maximum absolute atomic E-state index is 12.9. The normalized spacial score (nSPS) is 16.8. The second-order valence-electron chi connectivity index (χ2n) is 6.24. The van der Waals surface area contributed by atoms with Crippen LogP contribution in [0.15, 0.2) is 66.2 Å². The number of aryl methyl sites for hydroxylation is 1. The van der Waals surface area contributed by atoms with E-state index < -0.39 is 23.6 Å². The summed E-state index contributed by atoms with van der Waals surface area (Å²) in [5, 5.41) is 14.4. The summed E-state index contributed by atoms with van der Waals surface area (Å²) >= 11 is 5.12. The highest BCUT2D eigenvalue weighted by Crippen LogP contribution is 2.22. The summed E-state index contributed by atoms with van der Waals surface area (Å²) in [5.74, 6) is -3.40. The molecule has 1 aliphatic heterocycles. The van der Waals surface area contributed by atoms with E-state index in [1.165, 1.54) is 4.90 Å². The van der Waals surface area contributed by atoms with Crippen LogP contribution in [0.25, 0.3) is 0 Å². The minimum absolute atomic E-state index is 0.0567. The van der Waals surface area contributed by atoms with Crippen molar-refractivity contribution in [1.82, 2.24) is 5.32 Å². The number of nitriles is 1. The molecule has 1 atom stereocenters. The molecule has 1 fully saturated rings. The molecule has 0 bridgehead atoms. The van der Waals surface area contributed by atoms with Crippen molar-refractivity contribution in [1.29, 1.82) is 5.26 Å². The lowest BCUT2D eigenvalue weighted by Crippen LogP contribution is -2.57. The number of benzene rings is 2. The zero-order valence-corrected chi connectivity index (χ0v) is 16.2. The number of carbonyl (C=O) groups is 3. The lowest BCUT2D eigenvalue weighted by Gasteiger charge is -2.31. The summed E-state index contributed by atoms with van der Waals surface area (Å²) in [7, 11) is 0. The Morgan fingerprint density at radius 3 is 2.48 bits per heavy atom. The van der Waals surface area contributed by atoms with Crippen molar-refractivity contribution in [2.45, 2.75) is 6.92 Å². The molecule has 1 saturated heterocycles. The fraction of sp³-hybridized carbons (Fsp3) is 0.0952. The van der Waals surface area contributed by atoms with Crippen molar-refractivity contribution in [2.24, 2.45) is 5.92 Å². The Bertz CT molecular complexity index is 1070. The van der Waals surface area contributed by atoms with Crippen LogP contribution in [0.5, 0.6) is 0 Å². The quantitative estimate of drug-likeness (QED) is 0.353. The number of rotatable bonds is 4. The Hall–Kier alpha value is -3.83. The number of hydrogen-bond donors (Lipinski definition) is 2. The van der Waals surface area contributed by atoms with Crippen molar-refractivity contribution in [2.75, 3.05) is 10.2 Å². The molecule has 0 unspecified atom stereocenters. The van der Waals surface area contributed by atoms with Gasteiger partial charge in [0.15, 0.2) is 5.11 Å². The average molecular weight is 404 g/mol. The molecule has 0 saturated carbocycles. The summed E-state index contributed by atoms with van der Waals surface area (Å²) in [6, 6.07) is 17.4. The number of nitrogens with zero attached hydrogens (tertiary/aromatic N) is 2. The first-order valence-electron chi connectivity index (χ1n) is 8.65. The van der Waals surface area contributed by atoms with Gasteiger partial charge in [0.05, 0.1) is 5.69 Å². The van der Waals surface area contributed by atoms with Gasteiger partial charge in [-0.15, -0.1) is 0 Å². The molecule has 8 heteroatoms. The molecule has 0 radical (unpaired) electrons. The molecule has 2 aromatic rings. The molecule has 29 heavy (non-hydrogen) atoms. The molecule has 2 N–H and O–H groups in total. The third-order valence-corrected chi connectivity index (χ3v) is 4.59. The molecule has 0 aliphatic carbocycles. The first kappa shape index (κ1) is 19.9. The first-order valence-corrected chi connectivity index (χ1v) is 9.06. The lowest BCUT2D eigenvalue weighted by molar-refractivity contribution is -0.131. The molecule has 1 aliphatic rings. The number of para-hydroxylation sites is 2. The van der Waals surface area contributed by atoms with Gasteiger partial charge in [-0.25, -0.2) is 0 Å². The van der Waals surface area contributed by atoms with E-state index in [9.17, 15) is 19.6 Å². The van der Waals surface area contributed by atoms with Crippen molar-refractivity contribution >= 4 is 46.4 Å². The summed E-state index contributed by atoms with van der Waals surface area (Å²) in [6.45, 7) is 1.81. The number of thiocarbonyl (C=S) groups is 1. The van der Waals surface area contributed by atoms with Gasteiger partial charge in [0.25, 0.3) is 5.91 Å². The third kappa shape index (κ3) is 4.20. The van der Waals surface area contributed by atoms with E-state index in [2.05, 4.69) is 10.6 Å². The van der Waals surface area contributed by atoms with Gasteiger partial charge in [0.2, 0.25) is 11.8 Å². The van der Waals surface area contributed by atoms with E-state index in [-0.39, 0.29) is 10.7 Å². The number of amides is 3. The van der Waals surface area contributed by atoms with Gasteiger partial charge in [-0.1, -0.05) is 36.4 Å². The summed E-state index contributed by atoms with van der Waals surface area (Å²) in [5.41, 5.74) is 1.47. The fourth-order valence-corrected chi connectivity index (χ4v) is 3.09. The number of hydrogen-bond acceptors (Lipinski definition) is 5. The average Bonchev–Trinajstić information content (AvgIpc) is 2.70. The maximum Gasteiger partial charge on any atom is 0.266 e. The molecule has 1 heterocycles. The van der Waals surface area contributed by atoms with E-state index in [1.807, 2.05) is 19.1 Å². The number of nitrogens with one attached hydrogen (secondary N) is 2. The molecule has 0 spiro atoms. The Morgan fingerprint density at radius 1 is 1.17 bits per heavy atom. The minimum atomic E-state index is -1.36. The predicted octanol–water partition coefficient (Wildman–Crippen LogP) is 2.45. The SMILES string of the molecule is Cc1ccccc1NC(=O)/C(C#N)=C\[C@@H]1C(=O)NC(=S)N(c2ccccc2)C1=O. The lowest BCUT2D eigenvalue weighted by atomic mass is 10.0. The topological polar surface area (TPSA) is 102 Å². The zero-order valence-electron chi connectivity index (χ0n) is 15.4. The van der Waals surface area contributed by atoms with Gasteiger partial charge in [0.1, 0.15) is 17.6 Å². The maximum atomic E-state index is 12.9. The van der Waals surface area contributed by atoms with E-state index in [1.54, 1.807) is 48.5 Å². The van der Waals surface area contributed by atoms with Crippen LogP contribution >= 0.6 is 12.2 Å². The number of carbonyl (C=O) groups excluding carboxylic acids is 3. The van der Waals surface area contributed by atoms with Gasteiger partial charge in [-0.2, -0.15) is 5.26 Å². The van der Waals surface area contributed by atoms with E-state index >= 15 is 0 Å². The fourth-order valence-electron chi connectivity index (χ4n) is 2.79. The van der Waals surface area contributed by atoms with Crippen LogP contribution in [-0.4, -0.2) is 22.8 Å². The smallest absolute Gasteiger partial charge is 0.266 e. The zero-order chi connectivity index (χ0) is 21.0. The van der Waals surface area contributed by atoms with E-state index in [0.29, 0.717) is 11.4 Å².